The van der Waals surface area contributed by atoms with Gasteiger partial charge in [-0.05, 0) is 12.1 Å². The predicted octanol–water partition coefficient (Wildman–Crippen LogP) is 1.77. The molecule has 2 aromatic carbocycles. The van der Waals surface area contributed by atoms with Gasteiger partial charge in [0.2, 0.25) is 11.8 Å². The first-order valence-electron chi connectivity index (χ1n) is 8.37. The molecule has 0 aliphatic heterocycles. The quantitative estimate of drug-likeness (QED) is 0.603. The van der Waals surface area contributed by atoms with Crippen LogP contribution in [0, 0.1) is 0 Å². The van der Waals surface area contributed by atoms with E-state index in [9.17, 15) is 14.4 Å². The third-order valence-corrected chi connectivity index (χ3v) is 3.74. The molecule has 0 atom stereocenters. The number of oxazole rings is 1. The number of amides is 2. The molecule has 3 N–H and O–H groups in total. The van der Waals surface area contributed by atoms with Crippen LogP contribution in [0.2, 0.25) is 0 Å². The van der Waals surface area contributed by atoms with Gasteiger partial charge >= 0.3 is 5.97 Å². The van der Waals surface area contributed by atoms with Crippen LogP contribution in [0.5, 0.6) is 0 Å². The summed E-state index contributed by atoms with van der Waals surface area (Å²) in [6.07, 6.45) is 1.57. The molecule has 0 saturated carbocycles. The Hall–Kier alpha value is -3.94. The monoisotopic (exact) mass is 379 g/mol. The average Bonchev–Trinajstić information content (AvgIpc) is 3.21. The molecule has 0 bridgehead atoms. The molecule has 1 aromatic heterocycles. The summed E-state index contributed by atoms with van der Waals surface area (Å²) in [4.78, 5) is 38.9. The second-order valence-electron chi connectivity index (χ2n) is 5.76. The minimum absolute atomic E-state index is 0.201. The zero-order valence-corrected chi connectivity index (χ0v) is 14.8. The number of nitrogens with one attached hydrogen (secondary N) is 1. The number of carbonyl (C=O) groups excluding carboxylic acids is 3. The van der Waals surface area contributed by atoms with Gasteiger partial charge in [-0.1, -0.05) is 42.5 Å². The van der Waals surface area contributed by atoms with Gasteiger partial charge in [-0.25, -0.2) is 9.78 Å². The highest BCUT2D eigenvalue weighted by Crippen LogP contribution is 2.28. The van der Waals surface area contributed by atoms with Crippen LogP contribution in [-0.2, 0) is 14.3 Å². The van der Waals surface area contributed by atoms with Gasteiger partial charge < -0.3 is 20.2 Å². The third-order valence-electron chi connectivity index (χ3n) is 3.74. The molecule has 8 nitrogen and oxygen atoms in total. The first kappa shape index (κ1) is 18.8. The molecule has 142 valence electrons. The number of hydrogen-bond acceptors (Lipinski definition) is 6. The molecule has 0 fully saturated rings. The lowest BCUT2D eigenvalue weighted by molar-refractivity contribution is -0.127. The van der Waals surface area contributed by atoms with E-state index in [0.29, 0.717) is 11.3 Å². The Morgan fingerprint density at radius 2 is 1.75 bits per heavy atom. The molecule has 0 aliphatic carbocycles. The molecule has 8 heteroatoms. The summed E-state index contributed by atoms with van der Waals surface area (Å²) < 4.78 is 10.8. The van der Waals surface area contributed by atoms with Gasteiger partial charge in [0, 0.05) is 5.56 Å². The largest absolute Gasteiger partial charge is 0.452 e. The zero-order valence-electron chi connectivity index (χ0n) is 14.8. The molecular formula is C20H17N3O5. The molecule has 3 aromatic rings. The number of esters is 1. The fourth-order valence-corrected chi connectivity index (χ4v) is 2.43. The van der Waals surface area contributed by atoms with Crippen molar-refractivity contribution in [2.75, 3.05) is 13.2 Å². The number of carbonyl (C=O) groups is 3. The Morgan fingerprint density at radius 1 is 1.04 bits per heavy atom. The molecular weight excluding hydrogens is 362 g/mol. The van der Waals surface area contributed by atoms with Crippen molar-refractivity contribution < 1.29 is 23.5 Å². The number of aromatic nitrogens is 1. The molecule has 0 radical (unpaired) electrons. The van der Waals surface area contributed by atoms with Gasteiger partial charge in [-0.3, -0.25) is 9.59 Å². The van der Waals surface area contributed by atoms with Crippen molar-refractivity contribution in [3.8, 4) is 22.8 Å². The minimum Gasteiger partial charge on any atom is -0.452 e. The number of nitrogens with zero attached hydrogens (tertiary/aromatic N) is 1. The van der Waals surface area contributed by atoms with Crippen LogP contribution in [0.1, 0.15) is 10.4 Å². The van der Waals surface area contributed by atoms with Crippen molar-refractivity contribution in [1.29, 1.82) is 0 Å². The van der Waals surface area contributed by atoms with E-state index < -0.39 is 24.4 Å². The number of hydrogen-bond donors (Lipinski definition) is 2. The number of benzene rings is 2. The minimum atomic E-state index is -0.718. The Labute approximate surface area is 160 Å². The fraction of sp³-hybridized carbons (Fsp3) is 0.100. The summed E-state index contributed by atoms with van der Waals surface area (Å²) in [5.41, 5.74) is 6.43. The van der Waals surface area contributed by atoms with Gasteiger partial charge in [0.05, 0.1) is 23.9 Å². The van der Waals surface area contributed by atoms with Gasteiger partial charge in [0.15, 0.2) is 12.4 Å². The number of primary amides is 1. The predicted molar refractivity (Wildman–Crippen MR) is 99.9 cm³/mol. The Kier molecular flexibility index (Phi) is 5.81. The lowest BCUT2D eigenvalue weighted by Crippen LogP contribution is -2.36. The maximum Gasteiger partial charge on any atom is 0.339 e. The molecule has 0 spiro atoms. The Morgan fingerprint density at radius 3 is 2.50 bits per heavy atom. The van der Waals surface area contributed by atoms with Crippen LogP contribution in [-0.4, -0.2) is 35.9 Å². The molecule has 0 unspecified atom stereocenters. The van der Waals surface area contributed by atoms with Crippen LogP contribution in [0.15, 0.2) is 65.2 Å². The van der Waals surface area contributed by atoms with E-state index in [0.717, 1.165) is 5.56 Å². The average molecular weight is 379 g/mol. The highest BCUT2D eigenvalue weighted by molar-refractivity contribution is 5.97. The molecule has 0 saturated heterocycles. The smallest absolute Gasteiger partial charge is 0.339 e. The first-order valence-corrected chi connectivity index (χ1v) is 8.37. The fourth-order valence-electron chi connectivity index (χ4n) is 2.43. The lowest BCUT2D eigenvalue weighted by atomic mass is 10.1. The van der Waals surface area contributed by atoms with Gasteiger partial charge in [-0.15, -0.1) is 0 Å². The number of nitrogens with two attached hydrogens (primary N) is 1. The van der Waals surface area contributed by atoms with Crippen molar-refractivity contribution in [2.45, 2.75) is 0 Å². The van der Waals surface area contributed by atoms with E-state index in [-0.39, 0.29) is 18.0 Å². The molecule has 28 heavy (non-hydrogen) atoms. The van der Waals surface area contributed by atoms with Crippen molar-refractivity contribution >= 4 is 17.8 Å². The second kappa shape index (κ2) is 8.63. The SMILES string of the molecule is NC(=O)CNC(=O)COC(=O)c1ccccc1-c1ncc(-c2ccccc2)o1. The maximum absolute atomic E-state index is 12.4. The van der Waals surface area contributed by atoms with Gasteiger partial charge in [0.1, 0.15) is 0 Å². The first-order chi connectivity index (χ1) is 13.5. The number of ether oxygens (including phenoxy) is 1. The molecule has 2 amide bonds. The number of rotatable bonds is 7. The summed E-state index contributed by atoms with van der Waals surface area (Å²) >= 11 is 0. The summed E-state index contributed by atoms with van der Waals surface area (Å²) in [6, 6.07) is 16.0. The van der Waals surface area contributed by atoms with E-state index in [1.165, 1.54) is 0 Å². The van der Waals surface area contributed by atoms with Crippen molar-refractivity contribution in [1.82, 2.24) is 10.3 Å². The molecule has 1 heterocycles. The topological polar surface area (TPSA) is 125 Å². The maximum atomic E-state index is 12.4. The summed E-state index contributed by atoms with van der Waals surface area (Å²) in [5, 5.41) is 2.24. The summed E-state index contributed by atoms with van der Waals surface area (Å²) in [7, 11) is 0. The van der Waals surface area contributed by atoms with Crippen LogP contribution >= 0.6 is 0 Å². The van der Waals surface area contributed by atoms with E-state index in [1.807, 2.05) is 30.3 Å². The van der Waals surface area contributed by atoms with E-state index in [4.69, 9.17) is 14.9 Å². The summed E-state index contributed by atoms with van der Waals surface area (Å²) in [5.74, 6) is -1.23. The zero-order chi connectivity index (χ0) is 19.9. The lowest BCUT2D eigenvalue weighted by Gasteiger charge is -2.07. The normalized spacial score (nSPS) is 10.3. The van der Waals surface area contributed by atoms with Crippen molar-refractivity contribution in [2.24, 2.45) is 5.73 Å². The third kappa shape index (κ3) is 4.61. The van der Waals surface area contributed by atoms with Gasteiger partial charge in [-0.2, -0.15) is 0 Å². The van der Waals surface area contributed by atoms with Gasteiger partial charge in [0.25, 0.3) is 5.91 Å². The Balaban J connectivity index is 1.75. The second-order valence-corrected chi connectivity index (χ2v) is 5.76. The van der Waals surface area contributed by atoms with Crippen molar-refractivity contribution in [3.05, 3.63) is 66.4 Å². The van der Waals surface area contributed by atoms with Crippen LogP contribution in [0.3, 0.4) is 0 Å². The molecule has 0 aliphatic rings. The van der Waals surface area contributed by atoms with Crippen LogP contribution in [0.4, 0.5) is 0 Å². The standard InChI is InChI=1S/C20H17N3O5/c21-17(24)11-22-18(25)12-27-20(26)15-9-5-4-8-14(15)19-23-10-16(28-19)13-6-2-1-3-7-13/h1-10H,11-12H2,(H2,21,24)(H,22,25). The highest BCUT2D eigenvalue weighted by atomic mass is 16.5. The highest BCUT2D eigenvalue weighted by Gasteiger charge is 2.19. The summed E-state index contributed by atoms with van der Waals surface area (Å²) in [6.45, 7) is -0.868. The molecule has 3 rings (SSSR count). The van der Waals surface area contributed by atoms with E-state index in [2.05, 4.69) is 10.3 Å². The van der Waals surface area contributed by atoms with E-state index >= 15 is 0 Å². The van der Waals surface area contributed by atoms with E-state index in [1.54, 1.807) is 30.5 Å². The van der Waals surface area contributed by atoms with Crippen molar-refractivity contribution in [3.63, 3.8) is 0 Å². The Bertz CT molecular complexity index is 998. The van der Waals surface area contributed by atoms with Crippen LogP contribution < -0.4 is 11.1 Å². The van der Waals surface area contributed by atoms with Crippen LogP contribution in [0.25, 0.3) is 22.8 Å².